The molecule has 26 heavy (non-hydrogen) atoms. The van der Waals surface area contributed by atoms with Crippen LogP contribution in [0.1, 0.15) is 30.4 Å². The molecule has 3 aromatic rings. The van der Waals surface area contributed by atoms with Crippen LogP contribution in [0.25, 0.3) is 11.0 Å². The SMILES string of the molecule is Cn1cnc2c(C#N)c(N3CCCCC3)n(Cc3ccccc3)c2c1=O. The molecule has 0 bridgehead atoms. The predicted octanol–water partition coefficient (Wildman–Crippen LogP) is 2.65. The third-order valence-corrected chi connectivity index (χ3v) is 5.04. The van der Waals surface area contributed by atoms with Crippen molar-refractivity contribution in [3.8, 4) is 6.07 Å². The van der Waals surface area contributed by atoms with Gasteiger partial charge in [-0.25, -0.2) is 4.98 Å². The molecule has 1 aliphatic rings. The first kappa shape index (κ1) is 16.4. The van der Waals surface area contributed by atoms with E-state index in [1.54, 1.807) is 7.05 Å². The fourth-order valence-electron chi connectivity index (χ4n) is 3.76. The average molecular weight is 347 g/mol. The van der Waals surface area contributed by atoms with Gasteiger partial charge in [-0.15, -0.1) is 0 Å². The molecule has 0 radical (unpaired) electrons. The fourth-order valence-corrected chi connectivity index (χ4v) is 3.76. The lowest BCUT2D eigenvalue weighted by Gasteiger charge is -2.30. The molecule has 132 valence electrons. The highest BCUT2D eigenvalue weighted by Crippen LogP contribution is 2.32. The molecule has 0 aliphatic carbocycles. The van der Waals surface area contributed by atoms with E-state index in [1.807, 2.05) is 34.9 Å². The van der Waals surface area contributed by atoms with Gasteiger partial charge in [-0.05, 0) is 24.8 Å². The van der Waals surface area contributed by atoms with E-state index in [1.165, 1.54) is 17.3 Å². The Balaban J connectivity index is 2.00. The lowest BCUT2D eigenvalue weighted by Crippen LogP contribution is -2.32. The van der Waals surface area contributed by atoms with Crippen LogP contribution in [0, 0.1) is 11.3 Å². The number of aryl methyl sites for hydroxylation is 1. The first-order chi connectivity index (χ1) is 12.7. The van der Waals surface area contributed by atoms with E-state index in [4.69, 9.17) is 0 Å². The third kappa shape index (κ3) is 2.66. The standard InChI is InChI=1S/C20H21N5O/c1-23-14-22-17-16(12-21)19(24-10-6-3-7-11-24)25(18(17)20(23)26)13-15-8-4-2-5-9-15/h2,4-5,8-9,14H,3,6-7,10-11,13H2,1H3. The summed E-state index contributed by atoms with van der Waals surface area (Å²) < 4.78 is 3.47. The summed E-state index contributed by atoms with van der Waals surface area (Å²) in [6.07, 6.45) is 4.90. The van der Waals surface area contributed by atoms with Crippen molar-refractivity contribution in [1.82, 2.24) is 14.1 Å². The molecule has 0 spiro atoms. The van der Waals surface area contributed by atoms with Gasteiger partial charge in [0.25, 0.3) is 5.56 Å². The van der Waals surface area contributed by atoms with Crippen molar-refractivity contribution < 1.29 is 0 Å². The van der Waals surface area contributed by atoms with Gasteiger partial charge in [0, 0.05) is 26.7 Å². The lowest BCUT2D eigenvalue weighted by molar-refractivity contribution is 0.565. The summed E-state index contributed by atoms with van der Waals surface area (Å²) in [7, 11) is 1.70. The van der Waals surface area contributed by atoms with Gasteiger partial charge in [-0.2, -0.15) is 5.26 Å². The number of fused-ring (bicyclic) bond motifs is 1. The third-order valence-electron chi connectivity index (χ3n) is 5.04. The van der Waals surface area contributed by atoms with Gasteiger partial charge in [0.2, 0.25) is 0 Å². The van der Waals surface area contributed by atoms with Crippen molar-refractivity contribution >= 4 is 16.9 Å². The summed E-state index contributed by atoms with van der Waals surface area (Å²) in [4.78, 5) is 19.5. The molecule has 0 amide bonds. The van der Waals surface area contributed by atoms with Crippen LogP contribution in [0.4, 0.5) is 5.82 Å². The van der Waals surface area contributed by atoms with E-state index in [-0.39, 0.29) is 5.56 Å². The minimum Gasteiger partial charge on any atom is -0.357 e. The van der Waals surface area contributed by atoms with Crippen LogP contribution in [-0.4, -0.2) is 27.2 Å². The second-order valence-electron chi connectivity index (χ2n) is 6.79. The molecule has 1 fully saturated rings. The van der Waals surface area contributed by atoms with Crippen molar-refractivity contribution in [3.05, 3.63) is 58.1 Å². The summed E-state index contributed by atoms with van der Waals surface area (Å²) >= 11 is 0. The minimum atomic E-state index is -0.120. The van der Waals surface area contributed by atoms with E-state index in [9.17, 15) is 10.1 Å². The fraction of sp³-hybridized carbons (Fsp3) is 0.350. The lowest BCUT2D eigenvalue weighted by atomic mass is 10.1. The Morgan fingerprint density at radius 1 is 1.15 bits per heavy atom. The Hall–Kier alpha value is -3.07. The maximum absolute atomic E-state index is 12.9. The maximum Gasteiger partial charge on any atom is 0.277 e. The first-order valence-electron chi connectivity index (χ1n) is 8.97. The predicted molar refractivity (Wildman–Crippen MR) is 101 cm³/mol. The van der Waals surface area contributed by atoms with Gasteiger partial charge in [0.15, 0.2) is 0 Å². The number of benzene rings is 1. The van der Waals surface area contributed by atoms with Crippen LogP contribution in [0.5, 0.6) is 0 Å². The van der Waals surface area contributed by atoms with Crippen LogP contribution in [0.2, 0.25) is 0 Å². The Kier molecular flexibility index (Phi) is 4.21. The van der Waals surface area contributed by atoms with Gasteiger partial charge in [0.1, 0.15) is 28.5 Å². The second kappa shape index (κ2) is 6.68. The van der Waals surface area contributed by atoms with Gasteiger partial charge < -0.3 is 14.0 Å². The highest BCUT2D eigenvalue weighted by Gasteiger charge is 2.26. The molecule has 1 saturated heterocycles. The van der Waals surface area contributed by atoms with Crippen molar-refractivity contribution in [2.45, 2.75) is 25.8 Å². The molecule has 4 rings (SSSR count). The zero-order chi connectivity index (χ0) is 18.1. The van der Waals surface area contributed by atoms with Crippen LogP contribution < -0.4 is 10.5 Å². The van der Waals surface area contributed by atoms with E-state index in [0.717, 1.165) is 37.3 Å². The van der Waals surface area contributed by atoms with Crippen LogP contribution >= 0.6 is 0 Å². The van der Waals surface area contributed by atoms with Crippen LogP contribution in [-0.2, 0) is 13.6 Å². The normalized spacial score (nSPS) is 14.5. The smallest absolute Gasteiger partial charge is 0.277 e. The van der Waals surface area contributed by atoms with Gasteiger partial charge in [-0.3, -0.25) is 4.79 Å². The van der Waals surface area contributed by atoms with E-state index < -0.39 is 0 Å². The number of hydrogen-bond acceptors (Lipinski definition) is 4. The molecule has 1 aliphatic heterocycles. The molecule has 3 heterocycles. The molecule has 0 N–H and O–H groups in total. The first-order valence-corrected chi connectivity index (χ1v) is 8.97. The molecule has 2 aromatic heterocycles. The van der Waals surface area contributed by atoms with Gasteiger partial charge >= 0.3 is 0 Å². The summed E-state index contributed by atoms with van der Waals surface area (Å²) in [5, 5.41) is 9.85. The van der Waals surface area contributed by atoms with Crippen LogP contribution in [0.15, 0.2) is 41.5 Å². The molecule has 0 saturated carbocycles. The summed E-state index contributed by atoms with van der Waals surface area (Å²) in [6, 6.07) is 12.4. The zero-order valence-electron chi connectivity index (χ0n) is 14.9. The Morgan fingerprint density at radius 3 is 2.58 bits per heavy atom. The van der Waals surface area contributed by atoms with Crippen molar-refractivity contribution in [2.75, 3.05) is 18.0 Å². The maximum atomic E-state index is 12.9. The van der Waals surface area contributed by atoms with Crippen molar-refractivity contribution in [2.24, 2.45) is 7.05 Å². The minimum absolute atomic E-state index is 0.120. The van der Waals surface area contributed by atoms with E-state index >= 15 is 0 Å². The molecule has 0 atom stereocenters. The Bertz CT molecular complexity index is 1040. The molecule has 6 heteroatoms. The summed E-state index contributed by atoms with van der Waals surface area (Å²) in [5.41, 5.74) is 2.50. The Morgan fingerprint density at radius 2 is 1.88 bits per heavy atom. The number of aromatic nitrogens is 3. The van der Waals surface area contributed by atoms with Gasteiger partial charge in [0.05, 0.1) is 6.33 Å². The summed E-state index contributed by atoms with van der Waals surface area (Å²) in [5.74, 6) is 0.835. The highest BCUT2D eigenvalue weighted by atomic mass is 16.1. The number of piperidine rings is 1. The highest BCUT2D eigenvalue weighted by molar-refractivity contribution is 5.89. The number of hydrogen-bond donors (Lipinski definition) is 0. The number of nitrogens with zero attached hydrogens (tertiary/aromatic N) is 5. The average Bonchev–Trinajstić information content (AvgIpc) is 3.00. The molecular weight excluding hydrogens is 326 g/mol. The number of rotatable bonds is 3. The monoisotopic (exact) mass is 347 g/mol. The zero-order valence-corrected chi connectivity index (χ0v) is 14.9. The van der Waals surface area contributed by atoms with Crippen LogP contribution in [0.3, 0.4) is 0 Å². The molecule has 1 aromatic carbocycles. The van der Waals surface area contributed by atoms with Crippen molar-refractivity contribution in [1.29, 1.82) is 5.26 Å². The molecular formula is C20H21N5O. The quantitative estimate of drug-likeness (QED) is 0.730. The number of anilines is 1. The van der Waals surface area contributed by atoms with E-state index in [0.29, 0.717) is 23.1 Å². The Labute approximate surface area is 151 Å². The van der Waals surface area contributed by atoms with Crippen molar-refractivity contribution in [3.63, 3.8) is 0 Å². The topological polar surface area (TPSA) is 66.8 Å². The molecule has 0 unspecified atom stereocenters. The number of nitriles is 1. The van der Waals surface area contributed by atoms with E-state index in [2.05, 4.69) is 16.0 Å². The largest absolute Gasteiger partial charge is 0.357 e. The summed E-state index contributed by atoms with van der Waals surface area (Å²) in [6.45, 7) is 2.35. The van der Waals surface area contributed by atoms with Gasteiger partial charge in [-0.1, -0.05) is 30.3 Å². The molecule has 6 nitrogen and oxygen atoms in total. The second-order valence-corrected chi connectivity index (χ2v) is 6.79.